The summed E-state index contributed by atoms with van der Waals surface area (Å²) in [5, 5.41) is 14.3. The maximum Gasteiger partial charge on any atom is 0.286 e. The van der Waals surface area contributed by atoms with Crippen molar-refractivity contribution in [3.8, 4) is 11.5 Å². The number of nitro benzene ring substituents is 1. The number of carbonyl (C=O) groups excluding carboxylic acids is 2. The standard InChI is InChI=1S/C19H26N4O7/c1-28-8-2-3-20-18(24)13-21-4-6-22(7-5-21)19(25)14-11-16-17(30-10-9-29-16)12-15(14)23(26)27/h11-12H,2-10,13H2,1H3,(H,20,24). The number of rotatable bonds is 8. The van der Waals surface area contributed by atoms with E-state index in [1.807, 2.05) is 4.90 Å². The Morgan fingerprint density at radius 3 is 2.47 bits per heavy atom. The van der Waals surface area contributed by atoms with E-state index in [0.29, 0.717) is 58.3 Å². The van der Waals surface area contributed by atoms with Crippen LogP contribution in [0.3, 0.4) is 0 Å². The highest BCUT2D eigenvalue weighted by Gasteiger charge is 2.31. The van der Waals surface area contributed by atoms with Gasteiger partial charge in [0.1, 0.15) is 18.8 Å². The molecule has 1 aromatic rings. The number of piperazine rings is 1. The molecule has 0 saturated carbocycles. The second-order valence-corrected chi connectivity index (χ2v) is 7.03. The molecule has 11 nitrogen and oxygen atoms in total. The summed E-state index contributed by atoms with van der Waals surface area (Å²) in [6.45, 7) is 3.79. The third-order valence-corrected chi connectivity index (χ3v) is 4.96. The van der Waals surface area contributed by atoms with E-state index in [1.165, 1.54) is 12.1 Å². The van der Waals surface area contributed by atoms with E-state index in [0.717, 1.165) is 6.42 Å². The van der Waals surface area contributed by atoms with Crippen molar-refractivity contribution in [1.82, 2.24) is 15.1 Å². The molecule has 1 fully saturated rings. The quantitative estimate of drug-likeness (QED) is 0.360. The summed E-state index contributed by atoms with van der Waals surface area (Å²) in [6, 6.07) is 2.63. The van der Waals surface area contributed by atoms with Crippen molar-refractivity contribution in [3.63, 3.8) is 0 Å². The lowest BCUT2D eigenvalue weighted by molar-refractivity contribution is -0.385. The molecule has 0 radical (unpaired) electrons. The van der Waals surface area contributed by atoms with E-state index in [9.17, 15) is 19.7 Å². The number of hydrogen-bond acceptors (Lipinski definition) is 8. The monoisotopic (exact) mass is 422 g/mol. The molecule has 2 amide bonds. The van der Waals surface area contributed by atoms with Gasteiger partial charge in [-0.1, -0.05) is 0 Å². The zero-order chi connectivity index (χ0) is 21.5. The first kappa shape index (κ1) is 21.8. The maximum absolute atomic E-state index is 13.0. The van der Waals surface area contributed by atoms with Crippen LogP contribution in [0, 0.1) is 10.1 Å². The van der Waals surface area contributed by atoms with Crippen molar-refractivity contribution in [2.75, 3.05) is 66.2 Å². The number of carbonyl (C=O) groups is 2. The van der Waals surface area contributed by atoms with Crippen LogP contribution in [0.4, 0.5) is 5.69 Å². The molecule has 11 heteroatoms. The van der Waals surface area contributed by atoms with Gasteiger partial charge in [-0.15, -0.1) is 0 Å². The molecule has 0 atom stereocenters. The van der Waals surface area contributed by atoms with Crippen molar-refractivity contribution in [2.24, 2.45) is 0 Å². The van der Waals surface area contributed by atoms with E-state index in [1.54, 1.807) is 12.0 Å². The summed E-state index contributed by atoms with van der Waals surface area (Å²) in [6.07, 6.45) is 0.749. The van der Waals surface area contributed by atoms with Crippen LogP contribution in [0.1, 0.15) is 16.8 Å². The SMILES string of the molecule is COCCCNC(=O)CN1CCN(C(=O)c2cc3c(cc2[N+](=O)[O-])OCCO3)CC1. The molecular weight excluding hydrogens is 396 g/mol. The van der Waals surface area contributed by atoms with Gasteiger partial charge in [0.25, 0.3) is 11.6 Å². The van der Waals surface area contributed by atoms with Gasteiger partial charge in [-0.2, -0.15) is 0 Å². The zero-order valence-corrected chi connectivity index (χ0v) is 16.9. The summed E-state index contributed by atoms with van der Waals surface area (Å²) < 4.78 is 15.8. The third-order valence-electron chi connectivity index (χ3n) is 4.96. The molecule has 1 aromatic carbocycles. The molecular formula is C19H26N4O7. The van der Waals surface area contributed by atoms with Gasteiger partial charge in [0.15, 0.2) is 11.5 Å². The number of amides is 2. The largest absolute Gasteiger partial charge is 0.486 e. The number of benzene rings is 1. The zero-order valence-electron chi connectivity index (χ0n) is 16.9. The van der Waals surface area contributed by atoms with Crippen molar-refractivity contribution in [3.05, 3.63) is 27.8 Å². The lowest BCUT2D eigenvalue weighted by atomic mass is 10.1. The summed E-state index contributed by atoms with van der Waals surface area (Å²) in [5.41, 5.74) is -0.323. The summed E-state index contributed by atoms with van der Waals surface area (Å²) >= 11 is 0. The van der Waals surface area contributed by atoms with Gasteiger partial charge in [-0.3, -0.25) is 24.6 Å². The van der Waals surface area contributed by atoms with Crippen LogP contribution < -0.4 is 14.8 Å². The Morgan fingerprint density at radius 2 is 1.83 bits per heavy atom. The van der Waals surface area contributed by atoms with Crippen molar-refractivity contribution in [2.45, 2.75) is 6.42 Å². The van der Waals surface area contributed by atoms with Gasteiger partial charge in [0.2, 0.25) is 5.91 Å². The predicted octanol–water partition coefficient (Wildman–Crippen LogP) is 0.277. The lowest BCUT2D eigenvalue weighted by Gasteiger charge is -2.34. The van der Waals surface area contributed by atoms with Crippen LogP contribution in [0.2, 0.25) is 0 Å². The minimum atomic E-state index is -0.588. The molecule has 1 N–H and O–H groups in total. The number of nitro groups is 1. The summed E-state index contributed by atoms with van der Waals surface area (Å²) in [5.74, 6) is 0.0977. The molecule has 0 aromatic heterocycles. The fraction of sp³-hybridized carbons (Fsp3) is 0.579. The van der Waals surface area contributed by atoms with E-state index >= 15 is 0 Å². The second-order valence-electron chi connectivity index (χ2n) is 7.03. The van der Waals surface area contributed by atoms with Gasteiger partial charge >= 0.3 is 0 Å². The normalized spacial score (nSPS) is 16.2. The van der Waals surface area contributed by atoms with E-state index in [-0.39, 0.29) is 29.5 Å². The molecule has 0 aliphatic carbocycles. The second kappa shape index (κ2) is 10.2. The molecule has 2 aliphatic rings. The number of fused-ring (bicyclic) bond motifs is 1. The number of nitrogens with zero attached hydrogens (tertiary/aromatic N) is 3. The third kappa shape index (κ3) is 5.36. The van der Waals surface area contributed by atoms with Crippen molar-refractivity contribution < 1.29 is 28.7 Å². The fourth-order valence-corrected chi connectivity index (χ4v) is 3.38. The van der Waals surface area contributed by atoms with Gasteiger partial charge in [0, 0.05) is 52.5 Å². The van der Waals surface area contributed by atoms with E-state index in [2.05, 4.69) is 5.32 Å². The van der Waals surface area contributed by atoms with Crippen LogP contribution in [0.25, 0.3) is 0 Å². The van der Waals surface area contributed by atoms with E-state index in [4.69, 9.17) is 14.2 Å². The van der Waals surface area contributed by atoms with Crippen molar-refractivity contribution >= 4 is 17.5 Å². The van der Waals surface area contributed by atoms with Crippen LogP contribution in [0.15, 0.2) is 12.1 Å². The Bertz CT molecular complexity index is 793. The van der Waals surface area contributed by atoms with Crippen molar-refractivity contribution in [1.29, 1.82) is 0 Å². The minimum absolute atomic E-state index is 0.0198. The highest BCUT2D eigenvalue weighted by atomic mass is 16.6. The molecule has 2 aliphatic heterocycles. The van der Waals surface area contributed by atoms with Crippen LogP contribution in [-0.2, 0) is 9.53 Å². The minimum Gasteiger partial charge on any atom is -0.486 e. The number of nitrogens with one attached hydrogen (secondary N) is 1. The highest BCUT2D eigenvalue weighted by Crippen LogP contribution is 2.37. The number of methoxy groups -OCH3 is 1. The Balaban J connectivity index is 1.57. The molecule has 1 saturated heterocycles. The van der Waals surface area contributed by atoms with Gasteiger partial charge in [-0.25, -0.2) is 0 Å². The van der Waals surface area contributed by atoms with Crippen LogP contribution in [0.5, 0.6) is 11.5 Å². The Morgan fingerprint density at radius 1 is 1.17 bits per heavy atom. The average molecular weight is 422 g/mol. The Labute approximate surface area is 174 Å². The first-order valence-corrected chi connectivity index (χ1v) is 9.85. The molecule has 3 rings (SSSR count). The molecule has 0 spiro atoms. The first-order chi connectivity index (χ1) is 14.5. The van der Waals surface area contributed by atoms with Crippen LogP contribution in [-0.4, -0.2) is 92.7 Å². The molecule has 0 bridgehead atoms. The molecule has 2 heterocycles. The summed E-state index contributed by atoms with van der Waals surface area (Å²) in [7, 11) is 1.61. The Hall–Kier alpha value is -2.92. The first-order valence-electron chi connectivity index (χ1n) is 9.85. The van der Waals surface area contributed by atoms with E-state index < -0.39 is 10.8 Å². The lowest BCUT2D eigenvalue weighted by Crippen LogP contribution is -2.51. The van der Waals surface area contributed by atoms with Gasteiger partial charge in [-0.05, 0) is 6.42 Å². The predicted molar refractivity (Wildman–Crippen MR) is 106 cm³/mol. The maximum atomic E-state index is 13.0. The number of hydrogen-bond donors (Lipinski definition) is 1. The number of ether oxygens (including phenoxy) is 3. The van der Waals surface area contributed by atoms with Crippen LogP contribution >= 0.6 is 0 Å². The fourth-order valence-electron chi connectivity index (χ4n) is 3.38. The smallest absolute Gasteiger partial charge is 0.286 e. The molecule has 0 unspecified atom stereocenters. The Kier molecular flexibility index (Phi) is 7.41. The van der Waals surface area contributed by atoms with Gasteiger partial charge < -0.3 is 24.4 Å². The summed E-state index contributed by atoms with van der Waals surface area (Å²) in [4.78, 5) is 39.3. The topological polar surface area (TPSA) is 123 Å². The average Bonchev–Trinajstić information content (AvgIpc) is 2.76. The van der Waals surface area contributed by atoms with Gasteiger partial charge in [0.05, 0.1) is 17.5 Å². The highest BCUT2D eigenvalue weighted by molar-refractivity contribution is 5.99. The molecule has 164 valence electrons. The molecule has 30 heavy (non-hydrogen) atoms.